The Morgan fingerprint density at radius 2 is 1.91 bits per heavy atom. The summed E-state index contributed by atoms with van der Waals surface area (Å²) in [6.07, 6.45) is 1.08. The summed E-state index contributed by atoms with van der Waals surface area (Å²) in [6.45, 7) is 4.65. The van der Waals surface area contributed by atoms with E-state index in [1.807, 2.05) is 56.3 Å². The maximum atomic E-state index is 11.9. The monoisotopic (exact) mass is 310 g/mol. The number of carbonyl (C=O) groups excluding carboxylic acids is 1. The van der Waals surface area contributed by atoms with Gasteiger partial charge in [0.1, 0.15) is 11.9 Å². The van der Waals surface area contributed by atoms with Crippen molar-refractivity contribution >= 4 is 11.6 Å². The fourth-order valence-electron chi connectivity index (χ4n) is 2.68. The second-order valence-corrected chi connectivity index (χ2v) is 6.14. The van der Waals surface area contributed by atoms with E-state index in [1.165, 1.54) is 5.56 Å². The Labute approximate surface area is 136 Å². The summed E-state index contributed by atoms with van der Waals surface area (Å²) < 4.78 is 5.91. The van der Waals surface area contributed by atoms with E-state index in [-0.39, 0.29) is 18.1 Å². The van der Waals surface area contributed by atoms with Gasteiger partial charge >= 0.3 is 0 Å². The van der Waals surface area contributed by atoms with Gasteiger partial charge in [0.2, 0.25) is 0 Å². The minimum absolute atomic E-state index is 0.0406. The van der Waals surface area contributed by atoms with Crippen LogP contribution in [0.1, 0.15) is 29.8 Å². The zero-order valence-electron chi connectivity index (χ0n) is 13.5. The number of anilines is 1. The lowest BCUT2D eigenvalue weighted by atomic mass is 10.1. The summed E-state index contributed by atoms with van der Waals surface area (Å²) in [4.78, 5) is 11.9. The van der Waals surface area contributed by atoms with Crippen LogP contribution in [0.4, 0.5) is 5.69 Å². The van der Waals surface area contributed by atoms with E-state index in [4.69, 9.17) is 4.74 Å². The molecule has 0 saturated carbocycles. The second kappa shape index (κ2) is 6.73. The number of ether oxygens (including phenoxy) is 1. The molecule has 23 heavy (non-hydrogen) atoms. The van der Waals surface area contributed by atoms with Crippen molar-refractivity contribution in [3.05, 3.63) is 59.7 Å². The third kappa shape index (κ3) is 3.83. The summed E-state index contributed by atoms with van der Waals surface area (Å²) >= 11 is 0. The molecule has 1 atom stereocenters. The van der Waals surface area contributed by atoms with Gasteiger partial charge in [-0.15, -0.1) is 0 Å². The van der Waals surface area contributed by atoms with Crippen LogP contribution in [0.25, 0.3) is 0 Å². The minimum atomic E-state index is -0.0406. The van der Waals surface area contributed by atoms with Crippen LogP contribution >= 0.6 is 0 Å². The highest BCUT2D eigenvalue weighted by Gasteiger charge is 2.21. The van der Waals surface area contributed by atoms with Crippen LogP contribution in [-0.2, 0) is 6.42 Å². The number of rotatable bonds is 5. The molecule has 1 heterocycles. The normalized spacial score (nSPS) is 15.9. The van der Waals surface area contributed by atoms with Gasteiger partial charge < -0.3 is 15.4 Å². The molecule has 0 aliphatic carbocycles. The van der Waals surface area contributed by atoms with Crippen LogP contribution in [-0.4, -0.2) is 24.6 Å². The van der Waals surface area contributed by atoms with Crippen molar-refractivity contribution in [3.8, 4) is 5.75 Å². The highest BCUT2D eigenvalue weighted by molar-refractivity contribution is 5.94. The second-order valence-electron chi connectivity index (χ2n) is 6.14. The molecule has 2 N–H and O–H groups in total. The largest absolute Gasteiger partial charge is 0.488 e. The minimum Gasteiger partial charge on any atom is -0.488 e. The van der Waals surface area contributed by atoms with Crippen molar-refractivity contribution in [3.63, 3.8) is 0 Å². The van der Waals surface area contributed by atoms with Gasteiger partial charge in [-0.1, -0.05) is 18.2 Å². The van der Waals surface area contributed by atoms with Gasteiger partial charge in [0.05, 0.1) is 6.54 Å². The Balaban J connectivity index is 1.53. The van der Waals surface area contributed by atoms with Gasteiger partial charge in [-0.2, -0.15) is 0 Å². The molecular weight excluding hydrogens is 288 g/mol. The lowest BCUT2D eigenvalue weighted by molar-refractivity contribution is 0.0943. The van der Waals surface area contributed by atoms with E-state index in [0.29, 0.717) is 5.56 Å². The molecule has 120 valence electrons. The first-order valence-corrected chi connectivity index (χ1v) is 8.01. The highest BCUT2D eigenvalue weighted by Crippen LogP contribution is 2.28. The summed E-state index contributed by atoms with van der Waals surface area (Å²) in [6, 6.07) is 15.8. The molecule has 2 aromatic rings. The Morgan fingerprint density at radius 3 is 2.61 bits per heavy atom. The van der Waals surface area contributed by atoms with E-state index in [1.54, 1.807) is 0 Å². The van der Waals surface area contributed by atoms with Gasteiger partial charge in [-0.3, -0.25) is 4.79 Å². The molecule has 4 heteroatoms. The third-order valence-electron chi connectivity index (χ3n) is 3.81. The molecular formula is C19H22N2O2. The summed E-state index contributed by atoms with van der Waals surface area (Å²) in [5.41, 5.74) is 2.93. The molecule has 0 unspecified atom stereocenters. The van der Waals surface area contributed by atoms with Gasteiger partial charge in [-0.25, -0.2) is 0 Å². The summed E-state index contributed by atoms with van der Waals surface area (Å²) in [5.74, 6) is 0.945. The first-order chi connectivity index (χ1) is 11.1. The summed E-state index contributed by atoms with van der Waals surface area (Å²) in [5, 5.41) is 6.26. The van der Waals surface area contributed by atoms with Crippen LogP contribution in [0.5, 0.6) is 5.75 Å². The van der Waals surface area contributed by atoms with Crippen molar-refractivity contribution in [2.75, 3.05) is 11.9 Å². The SMILES string of the molecule is CC(C)NC(=O)c1ccc(NC[C@H]2Cc3ccccc3O2)cc1. The molecule has 1 aliphatic rings. The molecule has 2 aromatic carbocycles. The molecule has 1 amide bonds. The topological polar surface area (TPSA) is 50.4 Å². The van der Waals surface area contributed by atoms with E-state index in [2.05, 4.69) is 16.7 Å². The van der Waals surface area contributed by atoms with Crippen molar-refractivity contribution in [2.45, 2.75) is 32.4 Å². The molecule has 0 spiro atoms. The van der Waals surface area contributed by atoms with Gasteiger partial charge in [0.25, 0.3) is 5.91 Å². The molecule has 3 rings (SSSR count). The quantitative estimate of drug-likeness (QED) is 0.891. The zero-order valence-corrected chi connectivity index (χ0v) is 13.5. The number of hydrogen-bond acceptors (Lipinski definition) is 3. The highest BCUT2D eigenvalue weighted by atomic mass is 16.5. The fourth-order valence-corrected chi connectivity index (χ4v) is 2.68. The van der Waals surface area contributed by atoms with Gasteiger partial charge in [-0.05, 0) is 49.7 Å². The Kier molecular flexibility index (Phi) is 4.51. The lowest BCUT2D eigenvalue weighted by Crippen LogP contribution is -2.30. The lowest BCUT2D eigenvalue weighted by Gasteiger charge is -2.13. The molecule has 1 aliphatic heterocycles. The predicted molar refractivity (Wildman–Crippen MR) is 92.1 cm³/mol. The molecule has 4 nitrogen and oxygen atoms in total. The first kappa shape index (κ1) is 15.4. The zero-order chi connectivity index (χ0) is 16.2. The summed E-state index contributed by atoms with van der Waals surface area (Å²) in [7, 11) is 0. The van der Waals surface area contributed by atoms with Crippen LogP contribution in [0.15, 0.2) is 48.5 Å². The molecule has 0 saturated heterocycles. The molecule has 0 aromatic heterocycles. The standard InChI is InChI=1S/C19H22N2O2/c1-13(2)21-19(22)14-7-9-16(10-8-14)20-12-17-11-15-5-3-4-6-18(15)23-17/h3-10,13,17,20H,11-12H2,1-2H3,(H,21,22)/t17-/m1/s1. The van der Waals surface area contributed by atoms with E-state index < -0.39 is 0 Å². The number of fused-ring (bicyclic) bond motifs is 1. The van der Waals surface area contributed by atoms with Crippen LogP contribution in [0.2, 0.25) is 0 Å². The van der Waals surface area contributed by atoms with Crippen molar-refractivity contribution in [1.82, 2.24) is 5.32 Å². The van der Waals surface area contributed by atoms with E-state index >= 15 is 0 Å². The number of benzene rings is 2. The number of nitrogens with one attached hydrogen (secondary N) is 2. The fraction of sp³-hybridized carbons (Fsp3) is 0.316. The van der Waals surface area contributed by atoms with Gasteiger partial charge in [0, 0.05) is 23.7 Å². The van der Waals surface area contributed by atoms with Crippen molar-refractivity contribution in [2.24, 2.45) is 0 Å². The smallest absolute Gasteiger partial charge is 0.251 e. The van der Waals surface area contributed by atoms with Crippen LogP contribution in [0, 0.1) is 0 Å². The molecule has 0 fully saturated rings. The van der Waals surface area contributed by atoms with Gasteiger partial charge in [0.15, 0.2) is 0 Å². The maximum absolute atomic E-state index is 11.9. The van der Waals surface area contributed by atoms with Crippen LogP contribution in [0.3, 0.4) is 0 Å². The average molecular weight is 310 g/mol. The van der Waals surface area contributed by atoms with Crippen molar-refractivity contribution < 1.29 is 9.53 Å². The van der Waals surface area contributed by atoms with E-state index in [9.17, 15) is 4.79 Å². The van der Waals surface area contributed by atoms with Crippen molar-refractivity contribution in [1.29, 1.82) is 0 Å². The van der Waals surface area contributed by atoms with Crippen LogP contribution < -0.4 is 15.4 Å². The number of hydrogen-bond donors (Lipinski definition) is 2. The first-order valence-electron chi connectivity index (χ1n) is 8.01. The Bertz CT molecular complexity index is 655. The Morgan fingerprint density at radius 1 is 1.17 bits per heavy atom. The Hall–Kier alpha value is -2.49. The molecule has 0 radical (unpaired) electrons. The molecule has 0 bridgehead atoms. The predicted octanol–water partition coefficient (Wildman–Crippen LogP) is 3.24. The number of carbonyl (C=O) groups is 1. The maximum Gasteiger partial charge on any atom is 0.251 e. The number of amides is 1. The van der Waals surface area contributed by atoms with E-state index in [0.717, 1.165) is 24.4 Å². The third-order valence-corrected chi connectivity index (χ3v) is 3.81. The number of para-hydroxylation sites is 1. The average Bonchev–Trinajstić information content (AvgIpc) is 2.95.